The summed E-state index contributed by atoms with van der Waals surface area (Å²) in [5.74, 6) is 0.193. The molecule has 1 aromatic rings. The van der Waals surface area contributed by atoms with Crippen molar-refractivity contribution in [3.8, 4) is 0 Å². The molecule has 2 heterocycles. The Bertz CT molecular complexity index is 735. The van der Waals surface area contributed by atoms with Crippen LogP contribution in [-0.2, 0) is 21.2 Å². The summed E-state index contributed by atoms with van der Waals surface area (Å²) in [5, 5.41) is 0. The molecule has 1 fully saturated rings. The molecule has 0 spiro atoms. The number of likely N-dealkylation sites (tertiary alicyclic amines) is 1. The second-order valence-electron chi connectivity index (χ2n) is 7.31. The van der Waals surface area contributed by atoms with Crippen LogP contribution in [0.5, 0.6) is 0 Å². The lowest BCUT2D eigenvalue weighted by atomic mass is 9.99. The number of amides is 1. The fourth-order valence-corrected chi connectivity index (χ4v) is 4.54. The number of nitrogens with one attached hydrogen (secondary N) is 1. The molecule has 1 N–H and O–H groups in total. The second kappa shape index (κ2) is 8.39. The number of carbonyl (C=O) groups is 1. The first-order chi connectivity index (χ1) is 12.4. The molecule has 3 rings (SSSR count). The standard InChI is InChI=1S/C19H29N3O3S/c1-26(24,25)20-12-9-17-7-4-5-13-22(17)19(23)11-15-21-14-10-16-6-2-3-8-18(16)21/h2-3,6,8,17,20H,4-5,7,9-15H2,1H3. The number of piperidine rings is 1. The van der Waals surface area contributed by atoms with E-state index >= 15 is 0 Å². The highest BCUT2D eigenvalue weighted by Crippen LogP contribution is 2.28. The van der Waals surface area contributed by atoms with Crippen LogP contribution in [0.15, 0.2) is 24.3 Å². The Morgan fingerprint density at radius 3 is 2.85 bits per heavy atom. The zero-order valence-electron chi connectivity index (χ0n) is 15.5. The Kier molecular flexibility index (Phi) is 6.19. The Morgan fingerprint density at radius 1 is 1.23 bits per heavy atom. The zero-order chi connectivity index (χ0) is 18.6. The van der Waals surface area contributed by atoms with Crippen molar-refractivity contribution in [3.63, 3.8) is 0 Å². The van der Waals surface area contributed by atoms with Gasteiger partial charge in [0.15, 0.2) is 0 Å². The fraction of sp³-hybridized carbons (Fsp3) is 0.632. The van der Waals surface area contributed by atoms with Gasteiger partial charge in [-0.05, 0) is 43.7 Å². The molecule has 2 aliphatic heterocycles. The van der Waals surface area contributed by atoms with Crippen LogP contribution in [-0.4, -0.2) is 57.7 Å². The van der Waals surface area contributed by atoms with Crippen LogP contribution in [0.3, 0.4) is 0 Å². The molecule has 0 aliphatic carbocycles. The van der Waals surface area contributed by atoms with Gasteiger partial charge in [0.25, 0.3) is 0 Å². The van der Waals surface area contributed by atoms with Crippen LogP contribution in [0.25, 0.3) is 0 Å². The molecule has 144 valence electrons. The summed E-state index contributed by atoms with van der Waals surface area (Å²) in [5.41, 5.74) is 2.62. The van der Waals surface area contributed by atoms with Gasteiger partial charge in [0, 0.05) is 44.3 Å². The average molecular weight is 380 g/mol. The third kappa shape index (κ3) is 4.98. The highest BCUT2D eigenvalue weighted by Gasteiger charge is 2.27. The molecule has 1 saturated heterocycles. The molecule has 7 heteroatoms. The third-order valence-corrected chi connectivity index (χ3v) is 6.10. The molecule has 1 amide bonds. The van der Waals surface area contributed by atoms with E-state index in [2.05, 4.69) is 33.9 Å². The molecule has 1 aromatic carbocycles. The number of fused-ring (bicyclic) bond motifs is 1. The Balaban J connectivity index is 1.52. The van der Waals surface area contributed by atoms with Crippen LogP contribution in [0.1, 0.15) is 37.7 Å². The topological polar surface area (TPSA) is 69.7 Å². The molecule has 1 unspecified atom stereocenters. The van der Waals surface area contributed by atoms with Gasteiger partial charge in [0.2, 0.25) is 15.9 Å². The van der Waals surface area contributed by atoms with E-state index in [0.29, 0.717) is 19.4 Å². The van der Waals surface area contributed by atoms with Gasteiger partial charge in [-0.15, -0.1) is 0 Å². The van der Waals surface area contributed by atoms with Gasteiger partial charge < -0.3 is 9.80 Å². The normalized spacial score (nSPS) is 20.3. The highest BCUT2D eigenvalue weighted by atomic mass is 32.2. The van der Waals surface area contributed by atoms with Crippen molar-refractivity contribution >= 4 is 21.6 Å². The summed E-state index contributed by atoms with van der Waals surface area (Å²) in [6, 6.07) is 8.56. The first-order valence-corrected chi connectivity index (χ1v) is 11.4. The summed E-state index contributed by atoms with van der Waals surface area (Å²) in [6.45, 7) is 2.92. The van der Waals surface area contributed by atoms with E-state index in [1.54, 1.807) is 0 Å². The van der Waals surface area contributed by atoms with E-state index in [1.807, 2.05) is 4.90 Å². The van der Waals surface area contributed by atoms with Crippen molar-refractivity contribution in [3.05, 3.63) is 29.8 Å². The SMILES string of the molecule is CS(=O)(=O)NCCC1CCCCN1C(=O)CCN1CCc2ccccc21. The lowest BCUT2D eigenvalue weighted by Gasteiger charge is -2.36. The van der Waals surface area contributed by atoms with Crippen molar-refractivity contribution in [1.82, 2.24) is 9.62 Å². The van der Waals surface area contributed by atoms with E-state index in [9.17, 15) is 13.2 Å². The minimum absolute atomic E-state index is 0.149. The molecule has 1 atom stereocenters. The maximum atomic E-state index is 12.8. The smallest absolute Gasteiger partial charge is 0.224 e. The summed E-state index contributed by atoms with van der Waals surface area (Å²) >= 11 is 0. The van der Waals surface area contributed by atoms with E-state index in [0.717, 1.165) is 45.3 Å². The lowest BCUT2D eigenvalue weighted by Crippen LogP contribution is -2.46. The summed E-state index contributed by atoms with van der Waals surface area (Å²) in [6.07, 6.45) is 6.53. The maximum Gasteiger partial charge on any atom is 0.224 e. The number of benzene rings is 1. The summed E-state index contributed by atoms with van der Waals surface area (Å²) < 4.78 is 25.0. The Labute approximate surface area is 156 Å². The van der Waals surface area contributed by atoms with Gasteiger partial charge in [-0.1, -0.05) is 18.2 Å². The molecule has 2 aliphatic rings. The molecule has 0 radical (unpaired) electrons. The van der Waals surface area contributed by atoms with Crippen LogP contribution in [0.4, 0.5) is 5.69 Å². The number of sulfonamides is 1. The quantitative estimate of drug-likeness (QED) is 0.784. The molecule has 0 aromatic heterocycles. The number of hydrogen-bond donors (Lipinski definition) is 1. The van der Waals surface area contributed by atoms with Crippen molar-refractivity contribution in [2.45, 2.75) is 44.6 Å². The average Bonchev–Trinajstić information content (AvgIpc) is 3.02. The maximum absolute atomic E-state index is 12.8. The van der Waals surface area contributed by atoms with Crippen LogP contribution < -0.4 is 9.62 Å². The number of hydrogen-bond acceptors (Lipinski definition) is 4. The summed E-state index contributed by atoms with van der Waals surface area (Å²) in [4.78, 5) is 17.1. The largest absolute Gasteiger partial charge is 0.370 e. The van der Waals surface area contributed by atoms with Gasteiger partial charge in [0.05, 0.1) is 6.26 Å². The number of para-hydroxylation sites is 1. The predicted molar refractivity (Wildman–Crippen MR) is 104 cm³/mol. The van der Waals surface area contributed by atoms with E-state index in [4.69, 9.17) is 0 Å². The van der Waals surface area contributed by atoms with E-state index < -0.39 is 10.0 Å². The molecular weight excluding hydrogens is 350 g/mol. The van der Waals surface area contributed by atoms with Crippen molar-refractivity contribution in [1.29, 1.82) is 0 Å². The van der Waals surface area contributed by atoms with Crippen LogP contribution in [0, 0.1) is 0 Å². The third-order valence-electron chi connectivity index (χ3n) is 5.37. The number of rotatable bonds is 7. The van der Waals surface area contributed by atoms with Gasteiger partial charge in [-0.3, -0.25) is 4.79 Å². The molecule has 26 heavy (non-hydrogen) atoms. The molecule has 0 saturated carbocycles. The Hall–Kier alpha value is -1.60. The van der Waals surface area contributed by atoms with Gasteiger partial charge >= 0.3 is 0 Å². The number of nitrogens with zero attached hydrogens (tertiary/aromatic N) is 2. The minimum Gasteiger partial charge on any atom is -0.370 e. The highest BCUT2D eigenvalue weighted by molar-refractivity contribution is 7.88. The molecular formula is C19H29N3O3S. The van der Waals surface area contributed by atoms with Gasteiger partial charge in [-0.2, -0.15) is 0 Å². The van der Waals surface area contributed by atoms with Crippen LogP contribution >= 0.6 is 0 Å². The number of anilines is 1. The second-order valence-corrected chi connectivity index (χ2v) is 9.14. The lowest BCUT2D eigenvalue weighted by molar-refractivity contribution is -0.134. The minimum atomic E-state index is -3.17. The van der Waals surface area contributed by atoms with E-state index in [1.165, 1.54) is 17.5 Å². The van der Waals surface area contributed by atoms with E-state index in [-0.39, 0.29) is 11.9 Å². The first-order valence-electron chi connectivity index (χ1n) is 9.51. The fourth-order valence-electron chi connectivity index (χ4n) is 4.05. The van der Waals surface area contributed by atoms with Crippen molar-refractivity contribution < 1.29 is 13.2 Å². The van der Waals surface area contributed by atoms with Crippen LogP contribution in [0.2, 0.25) is 0 Å². The van der Waals surface area contributed by atoms with Crippen molar-refractivity contribution in [2.75, 3.05) is 37.3 Å². The zero-order valence-corrected chi connectivity index (χ0v) is 16.3. The van der Waals surface area contributed by atoms with Gasteiger partial charge in [0.1, 0.15) is 0 Å². The molecule has 6 nitrogen and oxygen atoms in total. The summed E-state index contributed by atoms with van der Waals surface area (Å²) in [7, 11) is -3.17. The van der Waals surface area contributed by atoms with Gasteiger partial charge in [-0.25, -0.2) is 13.1 Å². The Morgan fingerprint density at radius 2 is 2.04 bits per heavy atom. The first kappa shape index (κ1) is 19.2. The molecule has 0 bridgehead atoms. The predicted octanol–water partition coefficient (Wildman–Crippen LogP) is 1.76. The number of carbonyl (C=O) groups excluding carboxylic acids is 1. The monoisotopic (exact) mass is 379 g/mol. The van der Waals surface area contributed by atoms with Crippen molar-refractivity contribution in [2.24, 2.45) is 0 Å².